The zero-order chi connectivity index (χ0) is 14.4. The summed E-state index contributed by atoms with van der Waals surface area (Å²) >= 11 is 0. The van der Waals surface area contributed by atoms with Crippen LogP contribution in [-0.2, 0) is 4.79 Å². The van der Waals surface area contributed by atoms with E-state index in [1.165, 1.54) is 11.9 Å². The Bertz CT molecular complexity index is 318. The van der Waals surface area contributed by atoms with E-state index in [9.17, 15) is 9.59 Å². The van der Waals surface area contributed by atoms with E-state index in [0.717, 1.165) is 19.3 Å². The minimum atomic E-state index is -0.978. The van der Waals surface area contributed by atoms with Gasteiger partial charge in [-0.2, -0.15) is 0 Å². The first-order chi connectivity index (χ1) is 9.02. The lowest BCUT2D eigenvalue weighted by atomic mass is 9.91. The van der Waals surface area contributed by atoms with Crippen LogP contribution in [-0.4, -0.2) is 64.3 Å². The molecule has 0 bridgehead atoms. The number of aliphatic carboxylic acids is 1. The van der Waals surface area contributed by atoms with Crippen molar-refractivity contribution in [2.45, 2.75) is 51.1 Å². The molecule has 1 aliphatic rings. The molecule has 1 aliphatic carbocycles. The summed E-state index contributed by atoms with van der Waals surface area (Å²) < 4.78 is 0. The summed E-state index contributed by atoms with van der Waals surface area (Å²) in [5.74, 6) is -0.978. The first kappa shape index (κ1) is 15.8. The lowest BCUT2D eigenvalue weighted by Crippen LogP contribution is -2.54. The molecule has 0 heterocycles. The highest BCUT2D eigenvalue weighted by Gasteiger charge is 2.33. The van der Waals surface area contributed by atoms with E-state index in [4.69, 9.17) is 10.2 Å². The number of rotatable bonds is 7. The SMILES string of the molecule is CCC(C(=O)O)N(C)C(=O)N(CCCO)C1CCC1. The molecule has 1 saturated carbocycles. The molecule has 1 unspecified atom stereocenters. The van der Waals surface area contributed by atoms with Crippen molar-refractivity contribution < 1.29 is 19.8 Å². The fourth-order valence-corrected chi connectivity index (χ4v) is 2.32. The molecule has 110 valence electrons. The number of likely N-dealkylation sites (N-methyl/N-ethyl adjacent to an activating group) is 1. The van der Waals surface area contributed by atoms with Crippen molar-refractivity contribution in [3.8, 4) is 0 Å². The third-order valence-corrected chi connectivity index (χ3v) is 3.76. The maximum absolute atomic E-state index is 12.4. The van der Waals surface area contributed by atoms with Crippen LogP contribution in [0.1, 0.15) is 39.0 Å². The first-order valence-electron chi connectivity index (χ1n) is 6.90. The van der Waals surface area contributed by atoms with Crippen molar-refractivity contribution in [3.63, 3.8) is 0 Å². The fraction of sp³-hybridized carbons (Fsp3) is 0.846. The topological polar surface area (TPSA) is 81.1 Å². The number of carbonyl (C=O) groups excluding carboxylic acids is 1. The second-order valence-electron chi connectivity index (χ2n) is 5.01. The Balaban J connectivity index is 2.70. The van der Waals surface area contributed by atoms with Gasteiger partial charge >= 0.3 is 12.0 Å². The van der Waals surface area contributed by atoms with E-state index in [0.29, 0.717) is 19.4 Å². The summed E-state index contributed by atoms with van der Waals surface area (Å²) in [6.45, 7) is 2.28. The molecule has 1 rings (SSSR count). The Morgan fingerprint density at radius 3 is 2.37 bits per heavy atom. The van der Waals surface area contributed by atoms with Gasteiger partial charge in [-0.1, -0.05) is 6.92 Å². The largest absolute Gasteiger partial charge is 0.480 e. The van der Waals surface area contributed by atoms with Crippen molar-refractivity contribution in [3.05, 3.63) is 0 Å². The van der Waals surface area contributed by atoms with Crippen LogP contribution in [0.5, 0.6) is 0 Å². The van der Waals surface area contributed by atoms with Crippen molar-refractivity contribution in [1.82, 2.24) is 9.80 Å². The molecular weight excluding hydrogens is 248 g/mol. The number of urea groups is 1. The summed E-state index contributed by atoms with van der Waals surface area (Å²) in [5, 5.41) is 18.0. The van der Waals surface area contributed by atoms with Gasteiger partial charge in [-0.15, -0.1) is 0 Å². The number of carboxylic acid groups (broad SMARTS) is 1. The van der Waals surface area contributed by atoms with Gasteiger partial charge in [0.25, 0.3) is 0 Å². The molecule has 0 aromatic heterocycles. The predicted octanol–water partition coefficient (Wildman–Crippen LogP) is 1.14. The maximum Gasteiger partial charge on any atom is 0.326 e. The molecule has 0 aromatic carbocycles. The maximum atomic E-state index is 12.4. The first-order valence-corrected chi connectivity index (χ1v) is 6.90. The summed E-state index contributed by atoms with van der Waals surface area (Å²) in [6, 6.07) is -0.829. The Morgan fingerprint density at radius 2 is 2.00 bits per heavy atom. The van der Waals surface area contributed by atoms with E-state index in [1.807, 2.05) is 0 Å². The normalized spacial score (nSPS) is 16.6. The van der Waals surface area contributed by atoms with Gasteiger partial charge in [0.15, 0.2) is 0 Å². The predicted molar refractivity (Wildman–Crippen MR) is 70.9 cm³/mol. The van der Waals surface area contributed by atoms with E-state index in [-0.39, 0.29) is 18.7 Å². The average Bonchev–Trinajstić information content (AvgIpc) is 2.31. The zero-order valence-electron chi connectivity index (χ0n) is 11.7. The molecule has 0 spiro atoms. The second-order valence-corrected chi connectivity index (χ2v) is 5.01. The molecule has 1 fully saturated rings. The molecule has 0 radical (unpaired) electrons. The quantitative estimate of drug-likeness (QED) is 0.728. The van der Waals surface area contributed by atoms with Crippen molar-refractivity contribution in [2.24, 2.45) is 0 Å². The molecule has 1 atom stereocenters. The van der Waals surface area contributed by atoms with E-state index in [2.05, 4.69) is 0 Å². The molecule has 2 amide bonds. The molecular formula is C13H24N2O4. The number of hydrogen-bond donors (Lipinski definition) is 2. The van der Waals surface area contributed by atoms with Crippen LogP contribution in [0.15, 0.2) is 0 Å². The second kappa shape index (κ2) is 7.33. The molecule has 2 N–H and O–H groups in total. The molecule has 0 aliphatic heterocycles. The lowest BCUT2D eigenvalue weighted by Gasteiger charge is -2.40. The van der Waals surface area contributed by atoms with Gasteiger partial charge in [-0.05, 0) is 32.1 Å². The van der Waals surface area contributed by atoms with Crippen LogP contribution in [0, 0.1) is 0 Å². The summed E-state index contributed by atoms with van der Waals surface area (Å²) in [6.07, 6.45) is 3.95. The Morgan fingerprint density at radius 1 is 1.37 bits per heavy atom. The number of aliphatic hydroxyl groups is 1. The highest BCUT2D eigenvalue weighted by Crippen LogP contribution is 2.26. The number of hydrogen-bond acceptors (Lipinski definition) is 3. The van der Waals surface area contributed by atoms with Crippen molar-refractivity contribution in [1.29, 1.82) is 0 Å². The highest BCUT2D eigenvalue weighted by molar-refractivity contribution is 5.82. The lowest BCUT2D eigenvalue weighted by molar-refractivity contribution is -0.142. The molecule has 0 aromatic rings. The Kier molecular flexibility index (Phi) is 6.08. The number of carboxylic acids is 1. The molecule has 6 heteroatoms. The highest BCUT2D eigenvalue weighted by atomic mass is 16.4. The van der Waals surface area contributed by atoms with E-state index >= 15 is 0 Å². The van der Waals surface area contributed by atoms with Crippen LogP contribution in [0.2, 0.25) is 0 Å². The standard InChI is InChI=1S/C13H24N2O4/c1-3-11(12(17)18)14(2)13(19)15(8-5-9-16)10-6-4-7-10/h10-11,16H,3-9H2,1-2H3,(H,17,18). The zero-order valence-corrected chi connectivity index (χ0v) is 11.7. The average molecular weight is 272 g/mol. The Hall–Kier alpha value is -1.30. The van der Waals surface area contributed by atoms with Crippen LogP contribution in [0.4, 0.5) is 4.79 Å². The molecule has 19 heavy (non-hydrogen) atoms. The van der Waals surface area contributed by atoms with Gasteiger partial charge < -0.3 is 20.0 Å². The van der Waals surface area contributed by atoms with Gasteiger partial charge in [-0.3, -0.25) is 0 Å². The monoisotopic (exact) mass is 272 g/mol. The summed E-state index contributed by atoms with van der Waals surface area (Å²) in [5.41, 5.74) is 0. The van der Waals surface area contributed by atoms with Gasteiger partial charge in [0.1, 0.15) is 6.04 Å². The van der Waals surface area contributed by atoms with Crippen LogP contribution in [0.3, 0.4) is 0 Å². The van der Waals surface area contributed by atoms with Crippen LogP contribution < -0.4 is 0 Å². The van der Waals surface area contributed by atoms with E-state index in [1.54, 1.807) is 11.8 Å². The number of amides is 2. The summed E-state index contributed by atoms with van der Waals surface area (Å²) in [7, 11) is 1.54. The smallest absolute Gasteiger partial charge is 0.326 e. The molecule has 0 saturated heterocycles. The number of aliphatic hydroxyl groups excluding tert-OH is 1. The van der Waals surface area contributed by atoms with Crippen LogP contribution >= 0.6 is 0 Å². The van der Waals surface area contributed by atoms with Gasteiger partial charge in [0, 0.05) is 26.2 Å². The van der Waals surface area contributed by atoms with Crippen molar-refractivity contribution >= 4 is 12.0 Å². The number of carbonyl (C=O) groups is 2. The van der Waals surface area contributed by atoms with Gasteiger partial charge in [0.05, 0.1) is 0 Å². The van der Waals surface area contributed by atoms with Crippen molar-refractivity contribution in [2.75, 3.05) is 20.2 Å². The van der Waals surface area contributed by atoms with Gasteiger partial charge in [0.2, 0.25) is 0 Å². The third kappa shape index (κ3) is 3.83. The fourth-order valence-electron chi connectivity index (χ4n) is 2.32. The Labute approximate surface area is 114 Å². The van der Waals surface area contributed by atoms with Crippen LogP contribution in [0.25, 0.3) is 0 Å². The number of nitrogens with zero attached hydrogens (tertiary/aromatic N) is 2. The van der Waals surface area contributed by atoms with Gasteiger partial charge in [-0.25, -0.2) is 9.59 Å². The summed E-state index contributed by atoms with van der Waals surface area (Å²) in [4.78, 5) is 26.5. The molecule has 6 nitrogen and oxygen atoms in total. The minimum Gasteiger partial charge on any atom is -0.480 e. The minimum absolute atomic E-state index is 0.0380. The van der Waals surface area contributed by atoms with E-state index < -0.39 is 12.0 Å². The third-order valence-electron chi connectivity index (χ3n) is 3.76.